The Balaban J connectivity index is 1.70. The fourth-order valence-corrected chi connectivity index (χ4v) is 2.30. The number of hydrogen-bond acceptors (Lipinski definition) is 3. The van der Waals surface area contributed by atoms with Crippen LogP contribution in [-0.2, 0) is 19.4 Å². The van der Waals surface area contributed by atoms with Crippen molar-refractivity contribution in [2.45, 2.75) is 25.8 Å². The summed E-state index contributed by atoms with van der Waals surface area (Å²) in [5.74, 6) is 0. The van der Waals surface area contributed by atoms with Crippen LogP contribution in [0.2, 0.25) is 0 Å². The van der Waals surface area contributed by atoms with Gasteiger partial charge in [0.05, 0.1) is 12.2 Å². The maximum atomic E-state index is 4.19. The summed E-state index contributed by atoms with van der Waals surface area (Å²) in [6, 6.07) is 8.60. The Labute approximate surface area is 101 Å². The highest BCUT2D eigenvalue weighted by atomic mass is 14.9. The van der Waals surface area contributed by atoms with Gasteiger partial charge in [0.25, 0.3) is 0 Å². The Morgan fingerprint density at radius 1 is 1.12 bits per heavy atom. The lowest BCUT2D eigenvalue weighted by atomic mass is 10.1. The number of hydrogen-bond donors (Lipinski definition) is 1. The van der Waals surface area contributed by atoms with Crippen LogP contribution >= 0.6 is 0 Å². The minimum Gasteiger partial charge on any atom is -0.379 e. The second-order valence-corrected chi connectivity index (χ2v) is 4.39. The van der Waals surface area contributed by atoms with E-state index in [1.807, 2.05) is 6.07 Å². The van der Waals surface area contributed by atoms with Gasteiger partial charge in [-0.25, -0.2) is 9.97 Å². The van der Waals surface area contributed by atoms with Gasteiger partial charge >= 0.3 is 0 Å². The molecule has 0 radical (unpaired) electrons. The van der Waals surface area contributed by atoms with Crippen molar-refractivity contribution in [2.24, 2.45) is 0 Å². The quantitative estimate of drug-likeness (QED) is 0.872. The zero-order chi connectivity index (χ0) is 11.5. The van der Waals surface area contributed by atoms with E-state index < -0.39 is 0 Å². The van der Waals surface area contributed by atoms with Crippen LogP contribution in [0.1, 0.15) is 23.2 Å². The van der Waals surface area contributed by atoms with Crippen LogP contribution in [0.25, 0.3) is 0 Å². The van der Waals surface area contributed by atoms with Crippen molar-refractivity contribution in [1.29, 1.82) is 0 Å². The lowest BCUT2D eigenvalue weighted by Gasteiger charge is -2.07. The summed E-state index contributed by atoms with van der Waals surface area (Å²) < 4.78 is 0. The zero-order valence-corrected chi connectivity index (χ0v) is 9.69. The second kappa shape index (κ2) is 4.53. The molecular formula is C14H15N3. The van der Waals surface area contributed by atoms with Gasteiger partial charge < -0.3 is 5.32 Å². The highest BCUT2D eigenvalue weighted by molar-refractivity contribution is 5.50. The van der Waals surface area contributed by atoms with Crippen molar-refractivity contribution in [2.75, 3.05) is 5.32 Å². The third kappa shape index (κ3) is 2.28. The highest BCUT2D eigenvalue weighted by Gasteiger charge is 2.10. The normalized spacial score (nSPS) is 13.4. The molecule has 2 aromatic rings. The van der Waals surface area contributed by atoms with Crippen molar-refractivity contribution in [3.8, 4) is 0 Å². The molecule has 86 valence electrons. The molecule has 0 spiro atoms. The van der Waals surface area contributed by atoms with Crippen LogP contribution in [0, 0.1) is 0 Å². The minimum atomic E-state index is 0.751. The summed E-state index contributed by atoms with van der Waals surface area (Å²) in [6.07, 6.45) is 7.11. The molecular weight excluding hydrogens is 210 g/mol. The fourth-order valence-electron chi connectivity index (χ4n) is 2.30. The lowest BCUT2D eigenvalue weighted by molar-refractivity contribution is 0.911. The van der Waals surface area contributed by atoms with Gasteiger partial charge in [-0.2, -0.15) is 0 Å². The number of nitrogens with one attached hydrogen (secondary N) is 1. The molecule has 1 heterocycles. The van der Waals surface area contributed by atoms with Crippen LogP contribution in [-0.4, -0.2) is 9.97 Å². The van der Waals surface area contributed by atoms with Gasteiger partial charge in [-0.05, 0) is 48.6 Å². The monoisotopic (exact) mass is 225 g/mol. The number of aryl methyl sites for hydroxylation is 2. The summed E-state index contributed by atoms with van der Waals surface area (Å²) in [4.78, 5) is 8.10. The molecule has 0 atom stereocenters. The molecule has 0 amide bonds. The van der Waals surface area contributed by atoms with E-state index in [1.54, 1.807) is 12.5 Å². The predicted molar refractivity (Wildman–Crippen MR) is 67.8 cm³/mol. The largest absolute Gasteiger partial charge is 0.379 e. The van der Waals surface area contributed by atoms with Crippen LogP contribution in [0.3, 0.4) is 0 Å². The molecule has 0 fully saturated rings. The molecule has 0 saturated carbocycles. The molecule has 1 aliphatic carbocycles. The zero-order valence-electron chi connectivity index (χ0n) is 9.69. The van der Waals surface area contributed by atoms with E-state index in [-0.39, 0.29) is 0 Å². The molecule has 0 bridgehead atoms. The van der Waals surface area contributed by atoms with Crippen LogP contribution < -0.4 is 5.32 Å². The smallest absolute Gasteiger partial charge is 0.115 e. The summed E-state index contributed by atoms with van der Waals surface area (Å²) >= 11 is 0. The second-order valence-electron chi connectivity index (χ2n) is 4.39. The van der Waals surface area contributed by atoms with E-state index in [0.29, 0.717) is 0 Å². The third-order valence-electron chi connectivity index (χ3n) is 3.22. The average molecular weight is 225 g/mol. The van der Waals surface area contributed by atoms with E-state index in [9.17, 15) is 0 Å². The summed E-state index contributed by atoms with van der Waals surface area (Å²) in [5.41, 5.74) is 5.21. The predicted octanol–water partition coefficient (Wildman–Crippen LogP) is 2.58. The number of rotatable bonds is 3. The van der Waals surface area contributed by atoms with Gasteiger partial charge in [-0.1, -0.05) is 6.07 Å². The molecule has 3 rings (SSSR count). The van der Waals surface area contributed by atoms with Crippen molar-refractivity contribution >= 4 is 5.69 Å². The first kappa shape index (κ1) is 10.3. The fraction of sp³-hybridized carbons (Fsp3) is 0.286. The van der Waals surface area contributed by atoms with E-state index in [1.165, 1.54) is 36.1 Å². The topological polar surface area (TPSA) is 37.8 Å². The van der Waals surface area contributed by atoms with E-state index in [0.717, 1.165) is 12.2 Å². The lowest BCUT2D eigenvalue weighted by Crippen LogP contribution is -2.02. The first-order chi connectivity index (χ1) is 8.42. The first-order valence-electron chi connectivity index (χ1n) is 6.02. The minimum absolute atomic E-state index is 0.751. The summed E-state index contributed by atoms with van der Waals surface area (Å²) in [5, 5.41) is 3.40. The van der Waals surface area contributed by atoms with Crippen molar-refractivity contribution in [3.63, 3.8) is 0 Å². The van der Waals surface area contributed by atoms with Crippen molar-refractivity contribution < 1.29 is 0 Å². The molecule has 3 heteroatoms. The van der Waals surface area contributed by atoms with Crippen LogP contribution in [0.15, 0.2) is 36.8 Å². The van der Waals surface area contributed by atoms with Crippen molar-refractivity contribution in [1.82, 2.24) is 9.97 Å². The molecule has 1 aliphatic rings. The Bertz CT molecular complexity index is 508. The van der Waals surface area contributed by atoms with Gasteiger partial charge in [-0.3, -0.25) is 0 Å². The molecule has 0 aliphatic heterocycles. The summed E-state index contributed by atoms with van der Waals surface area (Å²) in [7, 11) is 0. The number of aromatic nitrogens is 2. The van der Waals surface area contributed by atoms with E-state index in [4.69, 9.17) is 0 Å². The van der Waals surface area contributed by atoms with Gasteiger partial charge in [-0.15, -0.1) is 0 Å². The molecule has 0 saturated heterocycles. The SMILES string of the molecule is c1cc(CNc2ccc3c(c2)CCC3)ncn1. The van der Waals surface area contributed by atoms with Crippen LogP contribution in [0.4, 0.5) is 5.69 Å². The summed E-state index contributed by atoms with van der Waals surface area (Å²) in [6.45, 7) is 0.751. The molecule has 1 aromatic heterocycles. The number of fused-ring (bicyclic) bond motifs is 1. The first-order valence-corrected chi connectivity index (χ1v) is 6.02. The van der Waals surface area contributed by atoms with E-state index in [2.05, 4.69) is 33.5 Å². The Hall–Kier alpha value is -1.90. The molecule has 0 unspecified atom stereocenters. The van der Waals surface area contributed by atoms with E-state index >= 15 is 0 Å². The average Bonchev–Trinajstić information content (AvgIpc) is 2.85. The number of benzene rings is 1. The third-order valence-corrected chi connectivity index (χ3v) is 3.22. The standard InChI is InChI=1S/C14H15N3/c1-2-11-4-5-13(8-12(11)3-1)16-9-14-6-7-15-10-17-14/h4-8,10,16H,1-3,9H2. The molecule has 1 N–H and O–H groups in total. The number of anilines is 1. The Morgan fingerprint density at radius 3 is 2.94 bits per heavy atom. The van der Waals surface area contributed by atoms with Gasteiger partial charge in [0.15, 0.2) is 0 Å². The molecule has 1 aromatic carbocycles. The molecule has 3 nitrogen and oxygen atoms in total. The van der Waals surface area contributed by atoms with Gasteiger partial charge in [0.2, 0.25) is 0 Å². The Morgan fingerprint density at radius 2 is 2.06 bits per heavy atom. The molecule has 17 heavy (non-hydrogen) atoms. The highest BCUT2D eigenvalue weighted by Crippen LogP contribution is 2.24. The van der Waals surface area contributed by atoms with Crippen LogP contribution in [0.5, 0.6) is 0 Å². The maximum Gasteiger partial charge on any atom is 0.115 e. The Kier molecular flexibility index (Phi) is 2.74. The number of nitrogens with zero attached hydrogens (tertiary/aromatic N) is 2. The van der Waals surface area contributed by atoms with Crippen molar-refractivity contribution in [3.05, 3.63) is 53.6 Å². The van der Waals surface area contributed by atoms with Gasteiger partial charge in [0.1, 0.15) is 6.33 Å². The van der Waals surface area contributed by atoms with Gasteiger partial charge in [0, 0.05) is 11.9 Å². The maximum absolute atomic E-state index is 4.19.